The van der Waals surface area contributed by atoms with Crippen molar-refractivity contribution in [3.05, 3.63) is 58.0 Å². The van der Waals surface area contributed by atoms with E-state index >= 15 is 0 Å². The molecule has 1 radical (unpaired) electrons. The number of rotatable bonds is 2. The van der Waals surface area contributed by atoms with E-state index in [1.165, 1.54) is 10.9 Å². The second kappa shape index (κ2) is 3.71. The molecule has 1 heterocycles. The van der Waals surface area contributed by atoms with Crippen LogP contribution in [0.2, 0.25) is 0 Å². The Hall–Kier alpha value is -1.15. The van der Waals surface area contributed by atoms with Crippen LogP contribution in [0.4, 0.5) is 4.39 Å². The molecule has 0 unspecified atom stereocenters. The summed E-state index contributed by atoms with van der Waals surface area (Å²) in [5.74, 6) is -0.146. The first kappa shape index (κ1) is 8.45. The molecule has 0 saturated carbocycles. The lowest BCUT2D eigenvalue weighted by atomic mass is 10.1. The summed E-state index contributed by atoms with van der Waals surface area (Å²) in [5, 5.41) is 2.00. The number of hydrogen-bond donors (Lipinski definition) is 0. The summed E-state index contributed by atoms with van der Waals surface area (Å²) in [6, 6.07) is 11.6. The van der Waals surface area contributed by atoms with Crippen LogP contribution in [0, 0.1) is 11.9 Å². The molecule has 0 aliphatic heterocycles. The topological polar surface area (TPSA) is 0 Å². The van der Waals surface area contributed by atoms with Gasteiger partial charge in [0.25, 0.3) is 0 Å². The Balaban J connectivity index is 0.000000980. The average molecular weight is 192 g/mol. The highest BCUT2D eigenvalue weighted by atomic mass is 32.1. The molecule has 2 heteroatoms. The summed E-state index contributed by atoms with van der Waals surface area (Å²) in [5.41, 5.74) is 0.713. The predicted octanol–water partition coefficient (Wildman–Crippen LogP) is 3.39. The Kier molecular flexibility index (Phi) is 2.41. The van der Waals surface area contributed by atoms with Crippen molar-refractivity contribution >= 4 is 11.3 Å². The molecule has 2 aromatic rings. The van der Waals surface area contributed by atoms with Gasteiger partial charge in [-0.3, -0.25) is 0 Å². The lowest BCUT2D eigenvalue weighted by molar-refractivity contribution is 0.614. The van der Waals surface area contributed by atoms with Gasteiger partial charge in [-0.05, 0) is 35.2 Å². The minimum Gasteiger partial charge on any atom is -0.207 e. The summed E-state index contributed by atoms with van der Waals surface area (Å²) < 4.78 is 13.2. The van der Waals surface area contributed by atoms with Crippen LogP contribution in [0.5, 0.6) is 0 Å². The number of hydrogen-bond acceptors (Lipinski definition) is 1. The van der Waals surface area contributed by atoms with E-state index in [4.69, 9.17) is 0 Å². The number of benzene rings is 1. The Morgan fingerprint density at radius 3 is 3.08 bits per heavy atom. The molecule has 0 aliphatic rings. The minimum atomic E-state index is -0.146. The summed E-state index contributed by atoms with van der Waals surface area (Å²) in [6.07, 6.45) is 0.667. The average Bonchev–Trinajstić information content (AvgIpc) is 2.61. The highest BCUT2D eigenvalue weighted by molar-refractivity contribution is 7.09. The van der Waals surface area contributed by atoms with Crippen molar-refractivity contribution in [1.29, 1.82) is 0 Å². The fourth-order valence-electron chi connectivity index (χ4n) is 1.18. The molecule has 13 heavy (non-hydrogen) atoms. The van der Waals surface area contributed by atoms with E-state index in [0.717, 1.165) is 0 Å². The Labute approximate surface area is 82.1 Å². The molecule has 0 N–H and O–H groups in total. The molecular formula is C11H9FS+. The molecule has 1 aromatic carbocycles. The van der Waals surface area contributed by atoms with E-state index in [1.807, 2.05) is 17.5 Å². The largest absolute Gasteiger partial charge is 1.00 e. The lowest BCUT2D eigenvalue weighted by Gasteiger charge is -1.99. The second-order valence-electron chi connectivity index (χ2n) is 2.77. The zero-order valence-corrected chi connectivity index (χ0v) is 7.77. The molecular weight excluding hydrogens is 183 g/mol. The van der Waals surface area contributed by atoms with Crippen molar-refractivity contribution < 1.29 is 5.82 Å². The van der Waals surface area contributed by atoms with Crippen LogP contribution >= 0.6 is 11.3 Å². The summed E-state index contributed by atoms with van der Waals surface area (Å²) in [7, 11) is 0. The summed E-state index contributed by atoms with van der Waals surface area (Å²) in [6.45, 7) is 0. The van der Waals surface area contributed by atoms with Crippen molar-refractivity contribution in [2.45, 2.75) is 6.42 Å². The molecule has 1 aromatic heterocycles. The van der Waals surface area contributed by atoms with Gasteiger partial charge in [-0.25, -0.2) is 4.39 Å². The molecule has 0 aliphatic carbocycles. The molecule has 0 fully saturated rings. The van der Waals surface area contributed by atoms with E-state index in [2.05, 4.69) is 6.07 Å². The molecule has 0 amide bonds. The molecule has 0 bridgehead atoms. The smallest absolute Gasteiger partial charge is 0.207 e. The Morgan fingerprint density at radius 1 is 1.46 bits per heavy atom. The molecule has 2 rings (SSSR count). The van der Waals surface area contributed by atoms with Crippen LogP contribution in [-0.2, 0) is 6.42 Å². The van der Waals surface area contributed by atoms with Gasteiger partial charge in [0.15, 0.2) is 0 Å². The maximum Gasteiger partial charge on any atom is 1.00 e. The van der Waals surface area contributed by atoms with Crippen LogP contribution in [0.15, 0.2) is 35.7 Å². The lowest BCUT2D eigenvalue weighted by Crippen LogP contribution is -1.89. The van der Waals surface area contributed by atoms with Gasteiger partial charge in [-0.1, -0.05) is 12.1 Å². The Bertz CT molecular complexity index is 384. The number of halogens is 1. The Morgan fingerprint density at radius 2 is 2.38 bits per heavy atom. The van der Waals surface area contributed by atoms with Crippen LogP contribution in [0.3, 0.4) is 0 Å². The third-order valence-corrected chi connectivity index (χ3v) is 2.71. The fraction of sp³-hybridized carbons (Fsp3) is 0.0909. The SMILES string of the molecule is Fc1cc[c]cc1Cc1cccs1.[H+]. The van der Waals surface area contributed by atoms with Gasteiger partial charge >= 0.3 is 1.43 Å². The minimum absolute atomic E-state index is 0. The van der Waals surface area contributed by atoms with Gasteiger partial charge in [-0.2, -0.15) is 0 Å². The first-order chi connectivity index (χ1) is 6.36. The van der Waals surface area contributed by atoms with Crippen LogP contribution in [0.25, 0.3) is 0 Å². The quantitative estimate of drug-likeness (QED) is 0.684. The molecule has 0 saturated heterocycles. The zero-order valence-electron chi connectivity index (χ0n) is 7.96. The molecule has 0 spiro atoms. The molecule has 0 atom stereocenters. The highest BCUT2D eigenvalue weighted by Crippen LogP contribution is 2.16. The van der Waals surface area contributed by atoms with Crippen molar-refractivity contribution in [2.24, 2.45) is 0 Å². The maximum atomic E-state index is 13.2. The van der Waals surface area contributed by atoms with Crippen LogP contribution in [0.1, 0.15) is 11.9 Å². The zero-order chi connectivity index (χ0) is 9.10. The third-order valence-electron chi connectivity index (χ3n) is 1.83. The normalized spacial score (nSPS) is 10.2. The van der Waals surface area contributed by atoms with Gasteiger partial charge < -0.3 is 0 Å². The first-order valence-electron chi connectivity index (χ1n) is 4.03. The summed E-state index contributed by atoms with van der Waals surface area (Å²) in [4.78, 5) is 1.18. The van der Waals surface area contributed by atoms with E-state index in [1.54, 1.807) is 23.5 Å². The molecule has 0 nitrogen and oxygen atoms in total. The van der Waals surface area contributed by atoms with E-state index in [0.29, 0.717) is 12.0 Å². The van der Waals surface area contributed by atoms with Crippen LogP contribution in [-0.4, -0.2) is 0 Å². The van der Waals surface area contributed by atoms with Crippen molar-refractivity contribution in [1.82, 2.24) is 0 Å². The van der Waals surface area contributed by atoms with Gasteiger partial charge in [0.05, 0.1) is 0 Å². The van der Waals surface area contributed by atoms with Gasteiger partial charge in [0.1, 0.15) is 5.82 Å². The monoisotopic (exact) mass is 192 g/mol. The van der Waals surface area contributed by atoms with E-state index in [-0.39, 0.29) is 7.24 Å². The highest BCUT2D eigenvalue weighted by Gasteiger charge is 2.01. The van der Waals surface area contributed by atoms with Gasteiger partial charge in [0, 0.05) is 11.3 Å². The second-order valence-corrected chi connectivity index (χ2v) is 3.81. The van der Waals surface area contributed by atoms with Crippen molar-refractivity contribution in [3.8, 4) is 0 Å². The fourth-order valence-corrected chi connectivity index (χ4v) is 1.91. The van der Waals surface area contributed by atoms with Crippen molar-refractivity contribution in [3.63, 3.8) is 0 Å². The standard InChI is InChI=1S/C11H8FS/c12-11-6-2-1-4-9(11)8-10-5-3-7-13-10/h2-7H,8H2/p+1. The van der Waals surface area contributed by atoms with Crippen LogP contribution < -0.4 is 0 Å². The van der Waals surface area contributed by atoms with E-state index < -0.39 is 0 Å². The van der Waals surface area contributed by atoms with Crippen molar-refractivity contribution in [2.75, 3.05) is 0 Å². The van der Waals surface area contributed by atoms with Gasteiger partial charge in [-0.15, -0.1) is 11.3 Å². The third kappa shape index (κ3) is 1.95. The first-order valence-corrected chi connectivity index (χ1v) is 4.91. The number of thiophene rings is 1. The summed E-state index contributed by atoms with van der Waals surface area (Å²) >= 11 is 1.65. The maximum absolute atomic E-state index is 13.2. The van der Waals surface area contributed by atoms with Gasteiger partial charge in [0.2, 0.25) is 0 Å². The molecule has 65 valence electrons. The predicted molar refractivity (Wildman–Crippen MR) is 53.5 cm³/mol. The van der Waals surface area contributed by atoms with E-state index in [9.17, 15) is 4.39 Å².